The van der Waals surface area contributed by atoms with Gasteiger partial charge in [-0.1, -0.05) is 19.1 Å². The molecule has 0 fully saturated rings. The first kappa shape index (κ1) is 13.5. The van der Waals surface area contributed by atoms with Gasteiger partial charge in [0.05, 0.1) is 19.6 Å². The van der Waals surface area contributed by atoms with E-state index in [2.05, 4.69) is 5.32 Å². The standard InChI is InChI=1S/C13H19NO3/c1-3-11(15)9-14-13(16)8-10-4-6-12(17-2)7-5-10/h4-7,11,15H,3,8-9H2,1-2H3,(H,14,16). The van der Waals surface area contributed by atoms with E-state index in [9.17, 15) is 9.90 Å². The van der Waals surface area contributed by atoms with E-state index in [0.717, 1.165) is 11.3 Å². The summed E-state index contributed by atoms with van der Waals surface area (Å²) in [6.45, 7) is 2.19. The molecule has 0 aromatic heterocycles. The van der Waals surface area contributed by atoms with Gasteiger partial charge in [-0.25, -0.2) is 0 Å². The van der Waals surface area contributed by atoms with Crippen LogP contribution in [-0.2, 0) is 11.2 Å². The first-order valence-corrected chi connectivity index (χ1v) is 5.73. The lowest BCUT2D eigenvalue weighted by Gasteiger charge is -2.09. The van der Waals surface area contributed by atoms with E-state index in [4.69, 9.17) is 4.74 Å². The number of carbonyl (C=O) groups is 1. The number of nitrogens with one attached hydrogen (secondary N) is 1. The quantitative estimate of drug-likeness (QED) is 0.779. The highest BCUT2D eigenvalue weighted by atomic mass is 16.5. The Morgan fingerprint density at radius 2 is 2.06 bits per heavy atom. The van der Waals surface area contributed by atoms with Crippen molar-refractivity contribution in [1.82, 2.24) is 5.32 Å². The van der Waals surface area contributed by atoms with Crippen molar-refractivity contribution < 1.29 is 14.6 Å². The molecular weight excluding hydrogens is 218 g/mol. The summed E-state index contributed by atoms with van der Waals surface area (Å²) in [6, 6.07) is 7.36. The van der Waals surface area contributed by atoms with Crippen molar-refractivity contribution in [2.75, 3.05) is 13.7 Å². The molecule has 94 valence electrons. The fourth-order valence-corrected chi connectivity index (χ4v) is 1.37. The number of carbonyl (C=O) groups excluding carboxylic acids is 1. The van der Waals surface area contributed by atoms with Crippen LogP contribution in [0, 0.1) is 0 Å². The zero-order valence-corrected chi connectivity index (χ0v) is 10.3. The lowest BCUT2D eigenvalue weighted by molar-refractivity contribution is -0.120. The highest BCUT2D eigenvalue weighted by Gasteiger charge is 2.06. The van der Waals surface area contributed by atoms with Gasteiger partial charge in [-0.2, -0.15) is 0 Å². The van der Waals surface area contributed by atoms with Crippen molar-refractivity contribution in [3.8, 4) is 5.75 Å². The van der Waals surface area contributed by atoms with Gasteiger partial charge in [0, 0.05) is 6.54 Å². The maximum absolute atomic E-state index is 11.5. The van der Waals surface area contributed by atoms with E-state index in [1.165, 1.54) is 0 Å². The van der Waals surface area contributed by atoms with Crippen LogP contribution in [0.3, 0.4) is 0 Å². The van der Waals surface area contributed by atoms with Gasteiger partial charge in [0.2, 0.25) is 5.91 Å². The van der Waals surface area contributed by atoms with Gasteiger partial charge < -0.3 is 15.2 Å². The van der Waals surface area contributed by atoms with Crippen molar-refractivity contribution in [3.05, 3.63) is 29.8 Å². The SMILES string of the molecule is CCC(O)CNC(=O)Cc1ccc(OC)cc1. The average Bonchev–Trinajstić information content (AvgIpc) is 2.36. The summed E-state index contributed by atoms with van der Waals surface area (Å²) < 4.78 is 5.03. The largest absolute Gasteiger partial charge is 0.497 e. The third-order valence-electron chi connectivity index (χ3n) is 2.53. The summed E-state index contributed by atoms with van der Waals surface area (Å²) in [5.41, 5.74) is 0.925. The highest BCUT2D eigenvalue weighted by molar-refractivity contribution is 5.78. The minimum absolute atomic E-state index is 0.0809. The Labute approximate surface area is 102 Å². The van der Waals surface area contributed by atoms with E-state index >= 15 is 0 Å². The van der Waals surface area contributed by atoms with Crippen LogP contribution in [-0.4, -0.2) is 30.8 Å². The molecule has 0 saturated heterocycles. The molecule has 0 spiro atoms. The molecule has 0 saturated carbocycles. The first-order valence-electron chi connectivity index (χ1n) is 5.73. The number of ether oxygens (including phenoxy) is 1. The van der Waals surface area contributed by atoms with Gasteiger partial charge in [0.1, 0.15) is 5.75 Å². The summed E-state index contributed by atoms with van der Waals surface area (Å²) in [7, 11) is 1.61. The summed E-state index contributed by atoms with van der Waals surface area (Å²) in [6.07, 6.45) is 0.498. The van der Waals surface area contributed by atoms with Crippen LogP contribution in [0.15, 0.2) is 24.3 Å². The van der Waals surface area contributed by atoms with E-state index in [0.29, 0.717) is 19.4 Å². The minimum atomic E-state index is -0.463. The number of aliphatic hydroxyl groups excluding tert-OH is 1. The number of hydrogen-bond donors (Lipinski definition) is 2. The lowest BCUT2D eigenvalue weighted by atomic mass is 10.1. The van der Waals surface area contributed by atoms with E-state index in [-0.39, 0.29) is 5.91 Å². The number of hydrogen-bond acceptors (Lipinski definition) is 3. The zero-order chi connectivity index (χ0) is 12.7. The second-order valence-electron chi connectivity index (χ2n) is 3.89. The molecule has 0 heterocycles. The third-order valence-corrected chi connectivity index (χ3v) is 2.53. The van der Waals surface area contributed by atoms with Gasteiger partial charge in [0.15, 0.2) is 0 Å². The summed E-state index contributed by atoms with van der Waals surface area (Å²) in [5.74, 6) is 0.693. The average molecular weight is 237 g/mol. The lowest BCUT2D eigenvalue weighted by Crippen LogP contribution is -2.32. The number of rotatable bonds is 6. The van der Waals surface area contributed by atoms with Crippen LogP contribution >= 0.6 is 0 Å². The van der Waals surface area contributed by atoms with Gasteiger partial charge in [-0.05, 0) is 24.1 Å². The van der Waals surface area contributed by atoms with Crippen molar-refractivity contribution in [2.45, 2.75) is 25.9 Å². The Bertz CT molecular complexity index is 348. The molecular formula is C13H19NO3. The minimum Gasteiger partial charge on any atom is -0.497 e. The number of aliphatic hydroxyl groups is 1. The van der Waals surface area contributed by atoms with Crippen molar-refractivity contribution >= 4 is 5.91 Å². The number of amides is 1. The number of methoxy groups -OCH3 is 1. The molecule has 0 aliphatic carbocycles. The molecule has 0 aliphatic heterocycles. The summed E-state index contributed by atoms with van der Waals surface area (Å²) in [4.78, 5) is 11.5. The van der Waals surface area contributed by atoms with Gasteiger partial charge >= 0.3 is 0 Å². The Morgan fingerprint density at radius 1 is 1.41 bits per heavy atom. The second kappa shape index (κ2) is 6.91. The predicted octanol–water partition coefficient (Wildman–Crippen LogP) is 1.12. The van der Waals surface area contributed by atoms with E-state index in [1.54, 1.807) is 7.11 Å². The van der Waals surface area contributed by atoms with Crippen molar-refractivity contribution in [1.29, 1.82) is 0 Å². The van der Waals surface area contributed by atoms with Crippen molar-refractivity contribution in [3.63, 3.8) is 0 Å². The van der Waals surface area contributed by atoms with Gasteiger partial charge in [-0.3, -0.25) is 4.79 Å². The molecule has 2 N–H and O–H groups in total. The van der Waals surface area contributed by atoms with Crippen LogP contribution in [0.4, 0.5) is 0 Å². The topological polar surface area (TPSA) is 58.6 Å². The molecule has 4 heteroatoms. The molecule has 1 aromatic carbocycles. The van der Waals surface area contributed by atoms with Crippen LogP contribution in [0.1, 0.15) is 18.9 Å². The zero-order valence-electron chi connectivity index (χ0n) is 10.3. The monoisotopic (exact) mass is 237 g/mol. The number of benzene rings is 1. The highest BCUT2D eigenvalue weighted by Crippen LogP contribution is 2.11. The first-order chi connectivity index (χ1) is 8.15. The smallest absolute Gasteiger partial charge is 0.224 e. The fraction of sp³-hybridized carbons (Fsp3) is 0.462. The summed E-state index contributed by atoms with van der Waals surface area (Å²) >= 11 is 0. The molecule has 1 amide bonds. The molecule has 0 aliphatic rings. The molecule has 17 heavy (non-hydrogen) atoms. The molecule has 1 rings (SSSR count). The molecule has 4 nitrogen and oxygen atoms in total. The normalized spacial score (nSPS) is 11.9. The molecule has 1 aromatic rings. The van der Waals surface area contributed by atoms with Crippen LogP contribution in [0.25, 0.3) is 0 Å². The Morgan fingerprint density at radius 3 is 2.59 bits per heavy atom. The van der Waals surface area contributed by atoms with Crippen LogP contribution in [0.5, 0.6) is 5.75 Å². The van der Waals surface area contributed by atoms with Crippen LogP contribution in [0.2, 0.25) is 0 Å². The van der Waals surface area contributed by atoms with Crippen LogP contribution < -0.4 is 10.1 Å². The molecule has 0 radical (unpaired) electrons. The molecule has 1 unspecified atom stereocenters. The predicted molar refractivity (Wildman–Crippen MR) is 66.0 cm³/mol. The van der Waals surface area contributed by atoms with Gasteiger partial charge in [-0.15, -0.1) is 0 Å². The maximum atomic E-state index is 11.5. The van der Waals surface area contributed by atoms with E-state index in [1.807, 2.05) is 31.2 Å². The Hall–Kier alpha value is -1.55. The Kier molecular flexibility index (Phi) is 5.49. The van der Waals surface area contributed by atoms with Crippen molar-refractivity contribution in [2.24, 2.45) is 0 Å². The maximum Gasteiger partial charge on any atom is 0.224 e. The second-order valence-corrected chi connectivity index (χ2v) is 3.89. The third kappa shape index (κ3) is 4.87. The summed E-state index contributed by atoms with van der Waals surface area (Å²) in [5, 5.41) is 12.0. The van der Waals surface area contributed by atoms with Gasteiger partial charge in [0.25, 0.3) is 0 Å². The molecule has 0 bridgehead atoms. The van der Waals surface area contributed by atoms with E-state index < -0.39 is 6.10 Å². The Balaban J connectivity index is 2.39. The fourth-order valence-electron chi connectivity index (χ4n) is 1.37. The molecule has 1 atom stereocenters.